The van der Waals surface area contributed by atoms with Gasteiger partial charge >= 0.3 is 0 Å². The maximum Gasteiger partial charge on any atom is 0.200 e. The fourth-order valence-corrected chi connectivity index (χ4v) is 14.2. The molecule has 0 aromatic carbocycles. The van der Waals surface area contributed by atoms with Gasteiger partial charge < -0.3 is 94.1 Å². The van der Waals surface area contributed by atoms with Gasteiger partial charge in [0.25, 0.3) is 0 Å². The number of ether oxygens (including phenoxy) is 8. The monoisotopic (exact) mass is 930 g/mol. The van der Waals surface area contributed by atoms with Crippen LogP contribution in [0.3, 0.4) is 0 Å². The third kappa shape index (κ3) is 7.56. The van der Waals surface area contributed by atoms with E-state index in [0.29, 0.717) is 31.6 Å². The van der Waals surface area contributed by atoms with Crippen LogP contribution >= 0.6 is 0 Å². The molecular formula is C46H74O19. The van der Waals surface area contributed by atoms with Gasteiger partial charge in [0, 0.05) is 11.3 Å². The molecule has 5 saturated heterocycles. The molecule has 9 aliphatic rings. The van der Waals surface area contributed by atoms with Gasteiger partial charge in [-0.1, -0.05) is 39.3 Å². The summed E-state index contributed by atoms with van der Waals surface area (Å²) in [6.45, 7) is 10.9. The Morgan fingerprint density at radius 2 is 1.35 bits per heavy atom. The van der Waals surface area contributed by atoms with E-state index in [1.807, 2.05) is 13.8 Å². The molecule has 65 heavy (non-hydrogen) atoms. The predicted octanol–water partition coefficient (Wildman–Crippen LogP) is -1.31. The fraction of sp³-hybridized carbons (Fsp3) is 0.957. The Hall–Kier alpha value is -1.02. The molecule has 19 nitrogen and oxygen atoms in total. The maximum absolute atomic E-state index is 12.9. The molecule has 4 aliphatic carbocycles. The summed E-state index contributed by atoms with van der Waals surface area (Å²) >= 11 is 0. The molecule has 372 valence electrons. The van der Waals surface area contributed by atoms with Gasteiger partial charge in [-0.15, -0.1) is 0 Å². The molecule has 8 fully saturated rings. The molecule has 5 aliphatic heterocycles. The Kier molecular flexibility index (Phi) is 13.3. The predicted molar refractivity (Wildman–Crippen MR) is 222 cm³/mol. The van der Waals surface area contributed by atoms with E-state index < -0.39 is 146 Å². The van der Waals surface area contributed by atoms with Gasteiger partial charge in [-0.3, -0.25) is 0 Å². The molecule has 9 rings (SSSR count). The quantitative estimate of drug-likeness (QED) is 0.126. The van der Waals surface area contributed by atoms with E-state index in [9.17, 15) is 56.2 Å². The van der Waals surface area contributed by atoms with Crippen LogP contribution in [0.5, 0.6) is 0 Å². The number of fused-ring (bicyclic) bond motifs is 7. The average Bonchev–Trinajstić information content (AvgIpc) is 3.63. The summed E-state index contributed by atoms with van der Waals surface area (Å²) in [7, 11) is 0. The second kappa shape index (κ2) is 17.7. The first kappa shape index (κ1) is 49.0. The zero-order valence-electron chi connectivity index (χ0n) is 38.2. The molecule has 11 N–H and O–H groups in total. The first-order chi connectivity index (χ1) is 30.6. The highest BCUT2D eigenvalue weighted by molar-refractivity contribution is 5.29. The Morgan fingerprint density at radius 1 is 0.677 bits per heavy atom. The molecule has 0 unspecified atom stereocenters. The van der Waals surface area contributed by atoms with Gasteiger partial charge in [-0.05, 0) is 94.3 Å². The first-order valence-electron chi connectivity index (χ1n) is 24.0. The van der Waals surface area contributed by atoms with Crippen LogP contribution in [0.4, 0.5) is 0 Å². The molecule has 0 aromatic rings. The summed E-state index contributed by atoms with van der Waals surface area (Å²) in [4.78, 5) is 0. The minimum absolute atomic E-state index is 0.115. The van der Waals surface area contributed by atoms with Crippen LogP contribution in [0.2, 0.25) is 0 Å². The van der Waals surface area contributed by atoms with Crippen LogP contribution in [-0.2, 0) is 37.9 Å². The first-order valence-corrected chi connectivity index (χ1v) is 24.0. The van der Waals surface area contributed by atoms with Crippen molar-refractivity contribution >= 4 is 0 Å². The van der Waals surface area contributed by atoms with Crippen LogP contribution < -0.4 is 0 Å². The van der Waals surface area contributed by atoms with Gasteiger partial charge in [0.15, 0.2) is 18.9 Å². The van der Waals surface area contributed by atoms with Crippen molar-refractivity contribution in [3.63, 3.8) is 0 Å². The Morgan fingerprint density at radius 3 is 2.08 bits per heavy atom. The van der Waals surface area contributed by atoms with E-state index in [2.05, 4.69) is 26.8 Å². The molecule has 0 bridgehead atoms. The summed E-state index contributed by atoms with van der Waals surface area (Å²) in [5.74, 6) is -0.726. The molecule has 19 heteroatoms. The van der Waals surface area contributed by atoms with Crippen molar-refractivity contribution in [2.24, 2.45) is 40.4 Å². The number of rotatable bonds is 8. The molecule has 28 atom stereocenters. The molecule has 5 heterocycles. The largest absolute Gasteiger partial charge is 0.394 e. The van der Waals surface area contributed by atoms with E-state index in [1.165, 1.54) is 12.5 Å². The van der Waals surface area contributed by atoms with Crippen molar-refractivity contribution in [3.05, 3.63) is 11.6 Å². The number of aliphatic hydroxyl groups is 11. The molecule has 3 saturated carbocycles. The third-order valence-corrected chi connectivity index (χ3v) is 18.5. The van der Waals surface area contributed by atoms with Crippen molar-refractivity contribution in [2.45, 2.75) is 221 Å². The standard InChI is InChI=1S/C46H74O19/c1-18-13-29(48)46(64-19(18)2)21(4)45(57)30(65-46)15-26-24-8-7-22-14-23(9-11-43(22,5)25(24)10-12-44(26,45)6)60-42-39(63-41-38(56)34(52)31(49)20(3)59-41)36(54)33(51)28(62-42)17-58-40-37(55)35(53)32(50)27(16-47)61-40/h7,18-21,23-42,47-57H,8-17H2,1-6H3/t18-,19+,20+,21+,23+,24-,25+,26+,27-,28-,29+,30+,31+,32-,33-,34-,35+,36+,37-,38-,39-,40-,41+,42-,43+,44+,45-,46+/m1/s1. The highest BCUT2D eigenvalue weighted by atomic mass is 16.8. The smallest absolute Gasteiger partial charge is 0.200 e. The second-order valence-electron chi connectivity index (χ2n) is 21.7. The Labute approximate surface area is 379 Å². The minimum Gasteiger partial charge on any atom is -0.394 e. The lowest BCUT2D eigenvalue weighted by atomic mass is 9.46. The fourth-order valence-electron chi connectivity index (χ4n) is 14.2. The Bertz CT molecular complexity index is 1740. The number of aliphatic hydroxyl groups excluding tert-OH is 10. The lowest BCUT2D eigenvalue weighted by molar-refractivity contribution is -0.375. The van der Waals surface area contributed by atoms with Crippen LogP contribution in [0, 0.1) is 40.4 Å². The number of hydrogen-bond acceptors (Lipinski definition) is 19. The summed E-state index contributed by atoms with van der Waals surface area (Å²) < 4.78 is 49.2. The normalized spacial score (nSPS) is 59.0. The van der Waals surface area contributed by atoms with E-state index in [4.69, 9.17) is 37.9 Å². The zero-order valence-corrected chi connectivity index (χ0v) is 38.2. The van der Waals surface area contributed by atoms with Crippen molar-refractivity contribution in [3.8, 4) is 0 Å². The van der Waals surface area contributed by atoms with Gasteiger partial charge in [0.2, 0.25) is 5.79 Å². The second-order valence-corrected chi connectivity index (χ2v) is 21.7. The van der Waals surface area contributed by atoms with Crippen LogP contribution in [0.15, 0.2) is 11.6 Å². The number of allylic oxidation sites excluding steroid dienone is 1. The molecule has 0 aromatic heterocycles. The topological polar surface area (TPSA) is 296 Å². The summed E-state index contributed by atoms with van der Waals surface area (Å²) in [6.07, 6.45) is -16.8. The zero-order chi connectivity index (χ0) is 46.9. The van der Waals surface area contributed by atoms with E-state index in [0.717, 1.165) is 25.7 Å². The summed E-state index contributed by atoms with van der Waals surface area (Å²) in [5.41, 5.74) is -0.582. The van der Waals surface area contributed by atoms with Gasteiger partial charge in [-0.2, -0.15) is 0 Å². The third-order valence-electron chi connectivity index (χ3n) is 18.5. The van der Waals surface area contributed by atoms with E-state index >= 15 is 0 Å². The maximum atomic E-state index is 12.9. The van der Waals surface area contributed by atoms with Gasteiger partial charge in [0.05, 0.1) is 37.6 Å². The molecule has 0 radical (unpaired) electrons. The Balaban J connectivity index is 0.915. The average molecular weight is 931 g/mol. The molecule has 0 amide bonds. The van der Waals surface area contributed by atoms with Crippen LogP contribution in [-0.4, -0.2) is 197 Å². The van der Waals surface area contributed by atoms with Crippen molar-refractivity contribution in [1.82, 2.24) is 0 Å². The lowest BCUT2D eigenvalue weighted by Crippen LogP contribution is -2.65. The summed E-state index contributed by atoms with van der Waals surface area (Å²) in [6, 6.07) is 0. The highest BCUT2D eigenvalue weighted by Gasteiger charge is 2.78. The molecular weight excluding hydrogens is 856 g/mol. The van der Waals surface area contributed by atoms with E-state index in [-0.39, 0.29) is 29.3 Å². The van der Waals surface area contributed by atoms with Gasteiger partial charge in [-0.25, -0.2) is 0 Å². The van der Waals surface area contributed by atoms with Crippen LogP contribution in [0.1, 0.15) is 92.9 Å². The van der Waals surface area contributed by atoms with Crippen LogP contribution in [0.25, 0.3) is 0 Å². The lowest BCUT2D eigenvalue weighted by Gasteiger charge is -2.60. The minimum atomic E-state index is -1.74. The van der Waals surface area contributed by atoms with Crippen molar-refractivity contribution in [2.75, 3.05) is 13.2 Å². The molecule has 1 spiro atoms. The van der Waals surface area contributed by atoms with E-state index in [1.54, 1.807) is 0 Å². The highest BCUT2D eigenvalue weighted by Crippen LogP contribution is 2.72. The number of hydrogen-bond donors (Lipinski definition) is 11. The van der Waals surface area contributed by atoms with Crippen molar-refractivity contribution in [1.29, 1.82) is 0 Å². The summed E-state index contributed by atoms with van der Waals surface area (Å²) in [5, 5.41) is 120. The SMILES string of the molecule is C[C@@H]1C[C@H](O)[C@@]2(O[C@H]1C)O[C@H]1C[C@H]3[C@@H]4CC=C5C[C@@H](O[C@@H]6O[C@H](CO[C@@H]7O[C@H](CO)[C@@H](O)[C@H](O)[C@H]7O)[C@@H](O)[C@H](O)[C@H]6O[C@@H]6O[C@@H](C)[C@H](O)[C@@H](O)[C@H]6O)CC[C@]5(C)[C@H]4CC[C@]3(C)[C@@]1(O)[C@@H]2C. The van der Waals surface area contributed by atoms with Gasteiger partial charge in [0.1, 0.15) is 78.8 Å². The van der Waals surface area contributed by atoms with Crippen molar-refractivity contribution < 1.29 is 94.1 Å².